The van der Waals surface area contributed by atoms with Crippen LogP contribution >= 0.6 is 0 Å². The number of carbonyl (C=O) groups is 1. The van der Waals surface area contributed by atoms with E-state index < -0.39 is 17.2 Å². The van der Waals surface area contributed by atoms with Crippen LogP contribution in [0.25, 0.3) is 16.6 Å². The molecule has 0 fully saturated rings. The summed E-state index contributed by atoms with van der Waals surface area (Å²) in [6.45, 7) is -0.0766. The number of fused-ring (bicyclic) bond motifs is 1. The van der Waals surface area contributed by atoms with Crippen molar-refractivity contribution in [2.45, 2.75) is 13.1 Å². The van der Waals surface area contributed by atoms with Crippen LogP contribution in [-0.2, 0) is 17.9 Å². The van der Waals surface area contributed by atoms with Gasteiger partial charge in [-0.2, -0.15) is 5.10 Å². The Kier molecular flexibility index (Phi) is 4.55. The standard InChI is InChI=1S/C19H16N6O3/c26-17(10-24-18(27)15-3-1-2-4-16(15)23-19(24)28)21-9-13-5-7-14(8-6-13)25-12-20-11-22-25/h1-8,11-12H,9-10H2,(H,21,26)(H,23,28). The number of carbonyl (C=O) groups excluding carboxylic acids is 1. The summed E-state index contributed by atoms with van der Waals surface area (Å²) < 4.78 is 2.52. The van der Waals surface area contributed by atoms with Crippen molar-refractivity contribution in [2.24, 2.45) is 0 Å². The monoisotopic (exact) mass is 376 g/mol. The summed E-state index contributed by atoms with van der Waals surface area (Å²) in [5.74, 6) is -0.428. The largest absolute Gasteiger partial charge is 0.350 e. The van der Waals surface area contributed by atoms with Crippen molar-refractivity contribution in [3.63, 3.8) is 0 Å². The molecular formula is C19H16N6O3. The van der Waals surface area contributed by atoms with Crippen LogP contribution in [-0.4, -0.2) is 30.2 Å². The molecule has 9 nitrogen and oxygen atoms in total. The van der Waals surface area contributed by atoms with Crippen LogP contribution in [0.5, 0.6) is 0 Å². The molecule has 0 radical (unpaired) electrons. The number of benzene rings is 2. The Morgan fingerprint density at radius 1 is 1.07 bits per heavy atom. The Bertz CT molecular complexity index is 1240. The molecule has 2 aromatic carbocycles. The molecule has 4 aromatic rings. The number of amides is 1. The zero-order chi connectivity index (χ0) is 19.5. The van der Waals surface area contributed by atoms with Crippen LogP contribution in [0.1, 0.15) is 5.56 Å². The molecule has 0 bridgehead atoms. The van der Waals surface area contributed by atoms with E-state index in [0.29, 0.717) is 10.9 Å². The van der Waals surface area contributed by atoms with Gasteiger partial charge in [-0.25, -0.2) is 14.5 Å². The first-order chi connectivity index (χ1) is 13.6. The fourth-order valence-corrected chi connectivity index (χ4v) is 2.85. The molecular weight excluding hydrogens is 360 g/mol. The van der Waals surface area contributed by atoms with Crippen molar-refractivity contribution in [3.05, 3.63) is 87.6 Å². The van der Waals surface area contributed by atoms with Crippen LogP contribution in [0.2, 0.25) is 0 Å². The molecule has 0 saturated carbocycles. The molecule has 2 heterocycles. The van der Waals surface area contributed by atoms with Crippen molar-refractivity contribution >= 4 is 16.8 Å². The van der Waals surface area contributed by atoms with Crippen LogP contribution in [0.3, 0.4) is 0 Å². The van der Waals surface area contributed by atoms with Gasteiger partial charge in [0.1, 0.15) is 19.2 Å². The first kappa shape index (κ1) is 17.4. The molecule has 0 aliphatic heterocycles. The number of H-pyrrole nitrogens is 1. The molecule has 0 unspecified atom stereocenters. The molecule has 140 valence electrons. The second-order valence-corrected chi connectivity index (χ2v) is 6.15. The van der Waals surface area contributed by atoms with E-state index in [0.717, 1.165) is 15.8 Å². The van der Waals surface area contributed by atoms with E-state index in [2.05, 4.69) is 20.4 Å². The Hall–Kier alpha value is -4.01. The van der Waals surface area contributed by atoms with E-state index in [9.17, 15) is 14.4 Å². The molecule has 2 N–H and O–H groups in total. The Morgan fingerprint density at radius 2 is 1.86 bits per heavy atom. The average Bonchev–Trinajstić information content (AvgIpc) is 3.25. The van der Waals surface area contributed by atoms with E-state index in [1.165, 1.54) is 6.33 Å². The summed E-state index contributed by atoms with van der Waals surface area (Å²) >= 11 is 0. The number of hydrogen-bond donors (Lipinski definition) is 2. The Balaban J connectivity index is 1.44. The highest BCUT2D eigenvalue weighted by molar-refractivity contribution is 5.78. The molecule has 4 rings (SSSR count). The number of hydrogen-bond acceptors (Lipinski definition) is 5. The first-order valence-corrected chi connectivity index (χ1v) is 8.54. The van der Waals surface area contributed by atoms with Gasteiger partial charge in [0.15, 0.2) is 0 Å². The highest BCUT2D eigenvalue weighted by Gasteiger charge is 2.11. The summed E-state index contributed by atoms with van der Waals surface area (Å²) in [6.07, 6.45) is 3.04. The van der Waals surface area contributed by atoms with E-state index in [1.54, 1.807) is 35.3 Å². The summed E-state index contributed by atoms with van der Waals surface area (Å²) in [4.78, 5) is 43.3. The highest BCUT2D eigenvalue weighted by Crippen LogP contribution is 2.08. The van der Waals surface area contributed by atoms with Crippen molar-refractivity contribution in [2.75, 3.05) is 0 Å². The first-order valence-electron chi connectivity index (χ1n) is 8.54. The number of rotatable bonds is 5. The average molecular weight is 376 g/mol. The topological polar surface area (TPSA) is 115 Å². The van der Waals surface area contributed by atoms with Crippen LogP contribution in [0.4, 0.5) is 0 Å². The highest BCUT2D eigenvalue weighted by atomic mass is 16.2. The fourth-order valence-electron chi connectivity index (χ4n) is 2.85. The lowest BCUT2D eigenvalue weighted by atomic mass is 10.2. The molecule has 28 heavy (non-hydrogen) atoms. The number of para-hydroxylation sites is 1. The minimum atomic E-state index is -0.615. The maximum atomic E-state index is 12.5. The van der Waals surface area contributed by atoms with E-state index in [1.807, 2.05) is 24.3 Å². The summed E-state index contributed by atoms with van der Waals surface area (Å²) in [5.41, 5.74) is 1.06. The zero-order valence-corrected chi connectivity index (χ0v) is 14.7. The molecule has 2 aromatic heterocycles. The van der Waals surface area contributed by atoms with Crippen LogP contribution in [0.15, 0.2) is 70.8 Å². The number of aromatic amines is 1. The third kappa shape index (κ3) is 3.45. The van der Waals surface area contributed by atoms with Crippen LogP contribution in [0, 0.1) is 0 Å². The summed E-state index contributed by atoms with van der Waals surface area (Å²) in [6, 6.07) is 14.1. The van der Waals surface area contributed by atoms with Crippen molar-refractivity contribution in [1.82, 2.24) is 29.6 Å². The summed E-state index contributed by atoms with van der Waals surface area (Å²) in [7, 11) is 0. The van der Waals surface area contributed by atoms with E-state index in [4.69, 9.17) is 0 Å². The van der Waals surface area contributed by atoms with Gasteiger partial charge in [-0.05, 0) is 29.8 Å². The van der Waals surface area contributed by atoms with E-state index in [-0.39, 0.29) is 13.1 Å². The number of aromatic nitrogens is 5. The molecule has 0 spiro atoms. The van der Waals surface area contributed by atoms with Gasteiger partial charge >= 0.3 is 5.69 Å². The minimum Gasteiger partial charge on any atom is -0.350 e. The second-order valence-electron chi connectivity index (χ2n) is 6.15. The lowest BCUT2D eigenvalue weighted by molar-refractivity contribution is -0.121. The fraction of sp³-hybridized carbons (Fsp3) is 0.105. The molecule has 0 aliphatic rings. The molecule has 0 saturated heterocycles. The van der Waals surface area contributed by atoms with Crippen LogP contribution < -0.4 is 16.6 Å². The van der Waals surface area contributed by atoms with Gasteiger partial charge in [0.2, 0.25) is 5.91 Å². The predicted octanol–water partition coefficient (Wildman–Crippen LogP) is 0.587. The molecule has 0 aliphatic carbocycles. The molecule has 1 amide bonds. The van der Waals surface area contributed by atoms with Gasteiger partial charge in [0, 0.05) is 6.54 Å². The third-order valence-electron chi connectivity index (χ3n) is 4.30. The maximum absolute atomic E-state index is 12.5. The van der Waals surface area contributed by atoms with Gasteiger partial charge < -0.3 is 10.3 Å². The van der Waals surface area contributed by atoms with Gasteiger partial charge in [-0.15, -0.1) is 0 Å². The minimum absolute atomic E-state index is 0.275. The maximum Gasteiger partial charge on any atom is 0.329 e. The lowest BCUT2D eigenvalue weighted by Crippen LogP contribution is -2.40. The zero-order valence-electron chi connectivity index (χ0n) is 14.7. The molecule has 0 atom stereocenters. The Morgan fingerprint density at radius 3 is 2.61 bits per heavy atom. The lowest BCUT2D eigenvalue weighted by Gasteiger charge is -2.08. The van der Waals surface area contributed by atoms with Gasteiger partial charge in [-0.1, -0.05) is 24.3 Å². The van der Waals surface area contributed by atoms with Gasteiger partial charge in [0.05, 0.1) is 16.6 Å². The Labute approximate surface area is 158 Å². The number of nitrogens with one attached hydrogen (secondary N) is 2. The number of nitrogens with zero attached hydrogens (tertiary/aromatic N) is 4. The normalized spacial score (nSPS) is 10.9. The summed E-state index contributed by atoms with van der Waals surface area (Å²) in [5, 5.41) is 7.12. The smallest absolute Gasteiger partial charge is 0.329 e. The quantitative estimate of drug-likeness (QED) is 0.529. The second kappa shape index (κ2) is 7.31. The van der Waals surface area contributed by atoms with Crippen molar-refractivity contribution < 1.29 is 4.79 Å². The predicted molar refractivity (Wildman–Crippen MR) is 102 cm³/mol. The van der Waals surface area contributed by atoms with Crippen molar-refractivity contribution in [3.8, 4) is 5.69 Å². The molecule has 9 heteroatoms. The van der Waals surface area contributed by atoms with Gasteiger partial charge in [-0.3, -0.25) is 14.2 Å². The van der Waals surface area contributed by atoms with Gasteiger partial charge in [0.25, 0.3) is 5.56 Å². The SMILES string of the molecule is O=C(Cn1c(=O)[nH]c2ccccc2c1=O)NCc1ccc(-n2cncn2)cc1. The third-order valence-corrected chi connectivity index (χ3v) is 4.30. The van der Waals surface area contributed by atoms with Crippen molar-refractivity contribution in [1.29, 1.82) is 0 Å². The van der Waals surface area contributed by atoms with E-state index >= 15 is 0 Å².